The Hall–Kier alpha value is -2.15. The molecular weight excluding hydrogens is 314 g/mol. The molecule has 0 bridgehead atoms. The van der Waals surface area contributed by atoms with Crippen molar-refractivity contribution in [2.24, 2.45) is 5.41 Å². The van der Waals surface area contributed by atoms with Crippen molar-refractivity contribution in [1.82, 2.24) is 10.3 Å². The van der Waals surface area contributed by atoms with Crippen LogP contribution in [0.25, 0.3) is 10.2 Å². The quantitative estimate of drug-likeness (QED) is 0.900. The maximum Gasteiger partial charge on any atom is 0.248 e. The predicted molar refractivity (Wildman–Crippen MR) is 91.9 cm³/mol. The van der Waals surface area contributed by atoms with Crippen molar-refractivity contribution in [2.45, 2.75) is 33.7 Å². The number of nitrogens with one attached hydrogen (secondary N) is 2. The summed E-state index contributed by atoms with van der Waals surface area (Å²) in [7, 11) is 1.60. The number of ether oxygens (including phenoxy) is 1. The van der Waals surface area contributed by atoms with Crippen LogP contribution in [0.3, 0.4) is 0 Å². The fourth-order valence-electron chi connectivity index (χ4n) is 1.78. The standard InChI is InChI=1S/C16H21N3O3S/c1-9(17-14(21)16(2,3)4)13(20)19-15-18-11-7-6-10(22-5)8-12(11)23-15/h6-9H,1-5H3,(H,17,21)(H,18,19,20). The highest BCUT2D eigenvalue weighted by molar-refractivity contribution is 7.22. The van der Waals surface area contributed by atoms with Crippen molar-refractivity contribution in [1.29, 1.82) is 0 Å². The summed E-state index contributed by atoms with van der Waals surface area (Å²) < 4.78 is 6.09. The van der Waals surface area contributed by atoms with E-state index in [9.17, 15) is 9.59 Å². The second kappa shape index (κ2) is 6.54. The van der Waals surface area contributed by atoms with E-state index in [0.717, 1.165) is 16.0 Å². The number of anilines is 1. The number of hydrogen-bond acceptors (Lipinski definition) is 5. The number of carbonyl (C=O) groups is 2. The van der Waals surface area contributed by atoms with Crippen molar-refractivity contribution < 1.29 is 14.3 Å². The van der Waals surface area contributed by atoms with Gasteiger partial charge in [-0.15, -0.1) is 0 Å². The molecule has 0 fully saturated rings. The number of amides is 2. The summed E-state index contributed by atoms with van der Waals surface area (Å²) in [5, 5.41) is 5.93. The lowest BCUT2D eigenvalue weighted by Crippen LogP contribution is -2.46. The second-order valence-electron chi connectivity index (χ2n) is 6.29. The fraction of sp³-hybridized carbons (Fsp3) is 0.438. The van der Waals surface area contributed by atoms with E-state index in [1.165, 1.54) is 11.3 Å². The van der Waals surface area contributed by atoms with E-state index in [1.54, 1.807) is 34.8 Å². The van der Waals surface area contributed by atoms with E-state index in [1.807, 2.05) is 18.2 Å². The van der Waals surface area contributed by atoms with E-state index in [0.29, 0.717) is 5.13 Å². The highest BCUT2D eigenvalue weighted by Crippen LogP contribution is 2.29. The maximum absolute atomic E-state index is 12.2. The number of rotatable bonds is 4. The van der Waals surface area contributed by atoms with Crippen LogP contribution < -0.4 is 15.4 Å². The first-order valence-electron chi connectivity index (χ1n) is 7.27. The van der Waals surface area contributed by atoms with Crippen molar-refractivity contribution in [3.05, 3.63) is 18.2 Å². The average molecular weight is 335 g/mol. The van der Waals surface area contributed by atoms with Gasteiger partial charge < -0.3 is 15.4 Å². The van der Waals surface area contributed by atoms with Gasteiger partial charge in [-0.05, 0) is 25.1 Å². The molecule has 0 aliphatic rings. The van der Waals surface area contributed by atoms with Crippen molar-refractivity contribution in [2.75, 3.05) is 12.4 Å². The highest BCUT2D eigenvalue weighted by Gasteiger charge is 2.25. The van der Waals surface area contributed by atoms with Gasteiger partial charge in [0, 0.05) is 5.41 Å². The van der Waals surface area contributed by atoms with Gasteiger partial charge in [0.1, 0.15) is 11.8 Å². The first kappa shape index (κ1) is 17.2. The van der Waals surface area contributed by atoms with E-state index in [-0.39, 0.29) is 11.8 Å². The number of fused-ring (bicyclic) bond motifs is 1. The Labute approximate surface area is 139 Å². The minimum absolute atomic E-state index is 0.172. The summed E-state index contributed by atoms with van der Waals surface area (Å²) in [6.07, 6.45) is 0. The zero-order valence-corrected chi connectivity index (χ0v) is 14.7. The zero-order chi connectivity index (χ0) is 17.2. The molecule has 2 N–H and O–H groups in total. The first-order chi connectivity index (χ1) is 10.7. The fourth-order valence-corrected chi connectivity index (χ4v) is 2.67. The summed E-state index contributed by atoms with van der Waals surface area (Å²) in [5.41, 5.74) is 0.249. The van der Waals surface area contributed by atoms with Crippen LogP contribution in [0.5, 0.6) is 5.75 Å². The summed E-state index contributed by atoms with van der Waals surface area (Å²) in [6, 6.07) is 4.89. The molecule has 1 unspecified atom stereocenters. The Morgan fingerprint density at radius 1 is 1.30 bits per heavy atom. The number of thiazole rings is 1. The van der Waals surface area contributed by atoms with E-state index in [4.69, 9.17) is 4.74 Å². The molecule has 0 aliphatic heterocycles. The van der Waals surface area contributed by atoms with Gasteiger partial charge >= 0.3 is 0 Å². The molecule has 0 aliphatic carbocycles. The Morgan fingerprint density at radius 2 is 2.00 bits per heavy atom. The smallest absolute Gasteiger partial charge is 0.248 e. The Bertz CT molecular complexity index is 734. The van der Waals surface area contributed by atoms with Crippen molar-refractivity contribution in [3.8, 4) is 5.75 Å². The van der Waals surface area contributed by atoms with Gasteiger partial charge in [0.15, 0.2) is 5.13 Å². The van der Waals surface area contributed by atoms with Gasteiger partial charge in [-0.3, -0.25) is 9.59 Å². The van der Waals surface area contributed by atoms with Gasteiger partial charge in [-0.25, -0.2) is 4.98 Å². The number of nitrogens with zero attached hydrogens (tertiary/aromatic N) is 1. The van der Waals surface area contributed by atoms with Crippen LogP contribution in [0.15, 0.2) is 18.2 Å². The molecule has 1 atom stereocenters. The average Bonchev–Trinajstić information content (AvgIpc) is 2.86. The molecule has 1 aromatic heterocycles. The van der Waals surface area contributed by atoms with Gasteiger partial charge in [0.25, 0.3) is 0 Å². The topological polar surface area (TPSA) is 80.3 Å². The second-order valence-corrected chi connectivity index (χ2v) is 7.32. The maximum atomic E-state index is 12.2. The summed E-state index contributed by atoms with van der Waals surface area (Å²) >= 11 is 1.36. The summed E-state index contributed by atoms with van der Waals surface area (Å²) in [6.45, 7) is 7.05. The van der Waals surface area contributed by atoms with Crippen LogP contribution in [0.1, 0.15) is 27.7 Å². The molecule has 0 saturated carbocycles. The lowest BCUT2D eigenvalue weighted by Gasteiger charge is -2.21. The molecule has 0 radical (unpaired) electrons. The third-order valence-electron chi connectivity index (χ3n) is 3.25. The number of aromatic nitrogens is 1. The normalized spacial score (nSPS) is 12.7. The summed E-state index contributed by atoms with van der Waals surface area (Å²) in [5.74, 6) is 0.271. The van der Waals surface area contributed by atoms with Crippen LogP contribution in [0, 0.1) is 5.41 Å². The molecule has 1 aromatic carbocycles. The molecule has 1 heterocycles. The van der Waals surface area contributed by atoms with Crippen LogP contribution in [-0.4, -0.2) is 29.9 Å². The van der Waals surface area contributed by atoms with Crippen LogP contribution in [-0.2, 0) is 9.59 Å². The largest absolute Gasteiger partial charge is 0.497 e. The summed E-state index contributed by atoms with van der Waals surface area (Å²) in [4.78, 5) is 28.5. The van der Waals surface area contributed by atoms with E-state index >= 15 is 0 Å². The minimum atomic E-state index is -0.636. The lowest BCUT2D eigenvalue weighted by molar-refractivity contribution is -0.131. The molecule has 2 amide bonds. The van der Waals surface area contributed by atoms with Crippen molar-refractivity contribution >= 4 is 38.5 Å². The van der Waals surface area contributed by atoms with E-state index < -0.39 is 11.5 Å². The molecule has 0 saturated heterocycles. The number of carbonyl (C=O) groups excluding carboxylic acids is 2. The molecule has 2 aromatic rings. The van der Waals surface area contributed by atoms with Gasteiger partial charge in [0.2, 0.25) is 11.8 Å². The molecular formula is C16H21N3O3S. The Balaban J connectivity index is 2.06. The molecule has 124 valence electrons. The van der Waals surface area contributed by atoms with Gasteiger partial charge in [-0.1, -0.05) is 32.1 Å². The van der Waals surface area contributed by atoms with Gasteiger partial charge in [-0.2, -0.15) is 0 Å². The minimum Gasteiger partial charge on any atom is -0.497 e. The van der Waals surface area contributed by atoms with Crippen LogP contribution in [0.2, 0.25) is 0 Å². The first-order valence-corrected chi connectivity index (χ1v) is 8.09. The molecule has 2 rings (SSSR count). The molecule has 7 heteroatoms. The Kier molecular flexibility index (Phi) is 4.89. The Morgan fingerprint density at radius 3 is 2.61 bits per heavy atom. The van der Waals surface area contributed by atoms with Gasteiger partial charge in [0.05, 0.1) is 17.3 Å². The molecule has 23 heavy (non-hydrogen) atoms. The molecule has 0 spiro atoms. The predicted octanol–water partition coefficient (Wildman–Crippen LogP) is 2.79. The van der Waals surface area contributed by atoms with Crippen LogP contribution >= 0.6 is 11.3 Å². The van der Waals surface area contributed by atoms with Crippen molar-refractivity contribution in [3.63, 3.8) is 0 Å². The number of hydrogen-bond donors (Lipinski definition) is 2. The van der Waals surface area contributed by atoms with E-state index in [2.05, 4.69) is 15.6 Å². The highest BCUT2D eigenvalue weighted by atomic mass is 32.1. The lowest BCUT2D eigenvalue weighted by atomic mass is 9.95. The third-order valence-corrected chi connectivity index (χ3v) is 4.18. The number of benzene rings is 1. The SMILES string of the molecule is COc1ccc2nc(NC(=O)C(C)NC(=O)C(C)(C)C)sc2c1. The third kappa shape index (κ3) is 4.19. The monoisotopic (exact) mass is 335 g/mol. The van der Waals surface area contributed by atoms with Crippen LogP contribution in [0.4, 0.5) is 5.13 Å². The zero-order valence-electron chi connectivity index (χ0n) is 13.9. The molecule has 6 nitrogen and oxygen atoms in total. The number of methoxy groups -OCH3 is 1.